The molecule has 43 heavy (non-hydrogen) atoms. The Balaban J connectivity index is 1.12. The van der Waals surface area contributed by atoms with Gasteiger partial charge in [-0.25, -0.2) is 14.8 Å². The Kier molecular flexibility index (Phi) is 8.08. The molecule has 3 saturated heterocycles. The summed E-state index contributed by atoms with van der Waals surface area (Å²) in [6.07, 6.45) is 7.24. The molecular weight excluding hydrogens is 568 g/mol. The number of rotatable bonds is 6. The molecule has 3 aliphatic heterocycles. The fraction of sp³-hybridized carbons (Fsp3) is 0.433. The van der Waals surface area contributed by atoms with Crippen molar-refractivity contribution in [2.75, 3.05) is 66.2 Å². The lowest BCUT2D eigenvalue weighted by atomic mass is 9.91. The maximum atomic E-state index is 12.5. The first-order valence-corrected chi connectivity index (χ1v) is 15.0. The van der Waals surface area contributed by atoms with Crippen molar-refractivity contribution in [3.8, 4) is 11.3 Å². The first-order chi connectivity index (χ1) is 20.7. The van der Waals surface area contributed by atoms with Crippen LogP contribution in [0.15, 0.2) is 42.9 Å². The number of benzene rings is 1. The number of nitrogens with one attached hydrogen (secondary N) is 1. The van der Waals surface area contributed by atoms with Gasteiger partial charge in [0.2, 0.25) is 5.91 Å². The number of carbonyl (C=O) groups is 2. The summed E-state index contributed by atoms with van der Waals surface area (Å²) in [5, 5.41) is 2.99. The number of piperazine rings is 1. The molecule has 3 fully saturated rings. The number of nitrogens with zero attached hydrogens (tertiary/aromatic N) is 7. The van der Waals surface area contributed by atoms with E-state index < -0.39 is 6.03 Å². The van der Waals surface area contributed by atoms with E-state index in [9.17, 15) is 9.59 Å². The lowest BCUT2D eigenvalue weighted by Crippen LogP contribution is -2.50. The topological polar surface area (TPSA) is 150 Å². The Morgan fingerprint density at radius 2 is 1.74 bits per heavy atom. The quantitative estimate of drug-likeness (QED) is 0.383. The Labute approximate surface area is 256 Å². The number of nitrogen functional groups attached to an aromatic ring is 1. The van der Waals surface area contributed by atoms with Gasteiger partial charge in [0.25, 0.3) is 0 Å². The standard InChI is InChI=1S/C30H37ClN10O2/c1-30(33)7-11-40(12-8-30)24-18-35-27(28(32)36-24)21-3-2-4-22(26(21)31)39-15-13-38(14-16-39)19-20-5-9-34-17-23(20)41-10-6-25(42)37-29(41)43/h2-5,9,17-18H,6-8,10-16,19,33H2,1H3,(H2,32,36)(H,37,42,43). The normalized spacial score (nSPS) is 19.5. The number of nitrogens with two attached hydrogens (primary N) is 2. The minimum absolute atomic E-state index is 0.148. The molecule has 3 aliphatic rings. The number of piperidine rings is 1. The number of urea groups is 1. The zero-order valence-electron chi connectivity index (χ0n) is 24.3. The fourth-order valence-electron chi connectivity index (χ4n) is 5.92. The van der Waals surface area contributed by atoms with Crippen molar-refractivity contribution in [2.24, 2.45) is 5.73 Å². The average Bonchev–Trinajstić information content (AvgIpc) is 2.99. The molecule has 0 atom stereocenters. The molecule has 6 rings (SSSR count). The van der Waals surface area contributed by atoms with Gasteiger partial charge in [-0.3, -0.25) is 24.9 Å². The molecule has 0 bridgehead atoms. The van der Waals surface area contributed by atoms with Crippen LogP contribution in [0.3, 0.4) is 0 Å². The molecule has 1 aromatic carbocycles. The average molecular weight is 605 g/mol. The van der Waals surface area contributed by atoms with Crippen molar-refractivity contribution in [1.82, 2.24) is 25.2 Å². The summed E-state index contributed by atoms with van der Waals surface area (Å²) in [6, 6.07) is 7.45. The highest BCUT2D eigenvalue weighted by atomic mass is 35.5. The molecule has 0 aliphatic carbocycles. The molecule has 0 radical (unpaired) electrons. The number of anilines is 4. The maximum absolute atomic E-state index is 12.5. The zero-order chi connectivity index (χ0) is 30.1. The van der Waals surface area contributed by atoms with Crippen LogP contribution in [0.4, 0.5) is 27.8 Å². The predicted octanol–water partition coefficient (Wildman–Crippen LogP) is 2.86. The van der Waals surface area contributed by atoms with Crippen molar-refractivity contribution in [2.45, 2.75) is 38.3 Å². The first kappa shape index (κ1) is 29.1. The van der Waals surface area contributed by atoms with Gasteiger partial charge in [-0.2, -0.15) is 0 Å². The molecule has 3 amide bonds. The highest BCUT2D eigenvalue weighted by molar-refractivity contribution is 6.36. The van der Waals surface area contributed by atoms with Crippen LogP contribution in [0.25, 0.3) is 11.3 Å². The van der Waals surface area contributed by atoms with Crippen molar-refractivity contribution in [3.63, 3.8) is 0 Å². The third-order valence-corrected chi connectivity index (χ3v) is 8.99. The molecule has 226 valence electrons. The van der Waals surface area contributed by atoms with Gasteiger partial charge < -0.3 is 21.3 Å². The number of pyridine rings is 1. The van der Waals surface area contributed by atoms with Crippen molar-refractivity contribution >= 4 is 46.5 Å². The van der Waals surface area contributed by atoms with E-state index in [0.29, 0.717) is 29.6 Å². The highest BCUT2D eigenvalue weighted by Gasteiger charge is 2.29. The number of hydrogen-bond donors (Lipinski definition) is 3. The van der Waals surface area contributed by atoms with Gasteiger partial charge in [-0.05, 0) is 37.5 Å². The van der Waals surface area contributed by atoms with E-state index in [0.717, 1.165) is 80.4 Å². The van der Waals surface area contributed by atoms with Crippen molar-refractivity contribution in [3.05, 3.63) is 53.4 Å². The number of imide groups is 1. The molecular formula is C30H37ClN10O2. The molecule has 13 heteroatoms. The Morgan fingerprint density at radius 3 is 2.47 bits per heavy atom. The number of aromatic nitrogens is 3. The van der Waals surface area contributed by atoms with E-state index in [-0.39, 0.29) is 17.9 Å². The minimum atomic E-state index is -0.407. The SMILES string of the molecule is CC1(N)CCN(c2cnc(-c3cccc(N4CCN(Cc5ccncc5N5CCC(=O)NC5=O)CC4)c3Cl)c(N)n2)CC1. The monoisotopic (exact) mass is 604 g/mol. The van der Waals surface area contributed by atoms with E-state index in [4.69, 9.17) is 28.1 Å². The second kappa shape index (κ2) is 11.9. The van der Waals surface area contributed by atoms with Crippen LogP contribution in [-0.4, -0.2) is 83.1 Å². The Morgan fingerprint density at radius 1 is 0.977 bits per heavy atom. The predicted molar refractivity (Wildman–Crippen MR) is 168 cm³/mol. The smallest absolute Gasteiger partial charge is 0.328 e. The van der Waals surface area contributed by atoms with Crippen LogP contribution < -0.4 is 31.5 Å². The summed E-state index contributed by atoms with van der Waals surface area (Å²) in [5.74, 6) is 0.851. The van der Waals surface area contributed by atoms with E-state index in [1.54, 1.807) is 23.5 Å². The van der Waals surface area contributed by atoms with Crippen LogP contribution in [0.2, 0.25) is 5.02 Å². The summed E-state index contributed by atoms with van der Waals surface area (Å²) in [7, 11) is 0. The maximum Gasteiger partial charge on any atom is 0.328 e. The summed E-state index contributed by atoms with van der Waals surface area (Å²) >= 11 is 6.99. The largest absolute Gasteiger partial charge is 0.382 e. The molecule has 0 saturated carbocycles. The Hall–Kier alpha value is -4.00. The first-order valence-electron chi connectivity index (χ1n) is 14.7. The summed E-state index contributed by atoms with van der Waals surface area (Å²) < 4.78 is 0. The van der Waals surface area contributed by atoms with Gasteiger partial charge in [0, 0.05) is 76.1 Å². The van der Waals surface area contributed by atoms with Crippen molar-refractivity contribution in [1.29, 1.82) is 0 Å². The molecule has 2 aromatic heterocycles. The molecule has 5 N–H and O–H groups in total. The lowest BCUT2D eigenvalue weighted by molar-refractivity contribution is -0.120. The molecule has 0 unspecified atom stereocenters. The second-order valence-electron chi connectivity index (χ2n) is 11.8. The highest BCUT2D eigenvalue weighted by Crippen LogP contribution is 2.38. The Bertz CT molecular complexity index is 1510. The number of halogens is 1. The van der Waals surface area contributed by atoms with Crippen LogP contribution in [0.1, 0.15) is 31.7 Å². The van der Waals surface area contributed by atoms with Crippen molar-refractivity contribution < 1.29 is 9.59 Å². The summed E-state index contributed by atoms with van der Waals surface area (Å²) in [6.45, 7) is 7.89. The van der Waals surface area contributed by atoms with Gasteiger partial charge in [-0.1, -0.05) is 23.7 Å². The van der Waals surface area contributed by atoms with E-state index in [1.165, 1.54) is 0 Å². The van der Waals surface area contributed by atoms with Crippen LogP contribution >= 0.6 is 11.6 Å². The van der Waals surface area contributed by atoms with Crippen LogP contribution in [0, 0.1) is 0 Å². The second-order valence-corrected chi connectivity index (χ2v) is 12.1. The van der Waals surface area contributed by atoms with Gasteiger partial charge in [0.05, 0.1) is 28.8 Å². The van der Waals surface area contributed by atoms with Crippen LogP contribution in [0.5, 0.6) is 0 Å². The lowest BCUT2D eigenvalue weighted by Gasteiger charge is -2.37. The fourth-order valence-corrected chi connectivity index (χ4v) is 6.26. The number of hydrogen-bond acceptors (Lipinski definition) is 10. The van der Waals surface area contributed by atoms with Gasteiger partial charge in [-0.15, -0.1) is 0 Å². The van der Waals surface area contributed by atoms with Crippen LogP contribution in [-0.2, 0) is 11.3 Å². The molecule has 5 heterocycles. The third-order valence-electron chi connectivity index (χ3n) is 8.59. The van der Waals surface area contributed by atoms with E-state index >= 15 is 0 Å². The van der Waals surface area contributed by atoms with Gasteiger partial charge >= 0.3 is 6.03 Å². The summed E-state index contributed by atoms with van der Waals surface area (Å²) in [4.78, 5) is 46.1. The van der Waals surface area contributed by atoms with E-state index in [2.05, 4.69) is 36.9 Å². The zero-order valence-corrected chi connectivity index (χ0v) is 25.1. The number of carbonyl (C=O) groups excluding carboxylic acids is 2. The minimum Gasteiger partial charge on any atom is -0.382 e. The van der Waals surface area contributed by atoms with Gasteiger partial charge in [0.15, 0.2) is 5.82 Å². The van der Waals surface area contributed by atoms with Gasteiger partial charge in [0.1, 0.15) is 11.5 Å². The summed E-state index contributed by atoms with van der Waals surface area (Å²) in [5.41, 5.74) is 16.6. The van der Waals surface area contributed by atoms with E-state index in [1.807, 2.05) is 24.3 Å². The number of amides is 3. The molecule has 3 aromatic rings. The molecule has 12 nitrogen and oxygen atoms in total. The molecule has 0 spiro atoms. The third kappa shape index (κ3) is 6.22.